The summed E-state index contributed by atoms with van der Waals surface area (Å²) in [5.74, 6) is 0.851. The van der Waals surface area contributed by atoms with Gasteiger partial charge in [-0.05, 0) is 42.5 Å². The zero-order valence-corrected chi connectivity index (χ0v) is 13.7. The maximum Gasteiger partial charge on any atom is 0.119 e. The van der Waals surface area contributed by atoms with E-state index in [1.54, 1.807) is 7.11 Å². The molecule has 3 heterocycles. The molecule has 0 aliphatic rings. The highest BCUT2D eigenvalue weighted by atomic mass is 16.5. The number of nitrogens with zero attached hydrogens (tertiary/aromatic N) is 2. The minimum Gasteiger partial charge on any atom is -0.497 e. The maximum absolute atomic E-state index is 5.37. The molecule has 3 aromatic heterocycles. The number of ether oxygens (including phenoxy) is 1. The van der Waals surface area contributed by atoms with E-state index in [4.69, 9.17) is 4.74 Å². The van der Waals surface area contributed by atoms with Crippen LogP contribution in [-0.2, 0) is 0 Å². The first kappa shape index (κ1) is 14.0. The molecule has 5 rings (SSSR count). The molecule has 0 atom stereocenters. The van der Waals surface area contributed by atoms with Gasteiger partial charge in [0, 0.05) is 39.6 Å². The number of H-pyrrole nitrogens is 1. The van der Waals surface area contributed by atoms with E-state index < -0.39 is 0 Å². The van der Waals surface area contributed by atoms with E-state index >= 15 is 0 Å². The first-order valence-corrected chi connectivity index (χ1v) is 8.13. The highest BCUT2D eigenvalue weighted by Gasteiger charge is 2.12. The highest BCUT2D eigenvalue weighted by Crippen LogP contribution is 2.34. The molecule has 0 aliphatic carbocycles. The number of rotatable bonds is 2. The van der Waals surface area contributed by atoms with Crippen molar-refractivity contribution in [3.05, 3.63) is 67.0 Å². The topological polar surface area (TPSA) is 50.8 Å². The van der Waals surface area contributed by atoms with Gasteiger partial charge in [0.25, 0.3) is 0 Å². The maximum atomic E-state index is 5.37. The smallest absolute Gasteiger partial charge is 0.119 e. The van der Waals surface area contributed by atoms with E-state index in [9.17, 15) is 0 Å². The predicted molar refractivity (Wildman–Crippen MR) is 101 cm³/mol. The van der Waals surface area contributed by atoms with Crippen LogP contribution in [0.25, 0.3) is 44.0 Å². The van der Waals surface area contributed by atoms with Gasteiger partial charge >= 0.3 is 0 Å². The first-order valence-electron chi connectivity index (χ1n) is 8.13. The number of methoxy groups -OCH3 is 1. The van der Waals surface area contributed by atoms with E-state index in [0.717, 1.165) is 49.7 Å². The van der Waals surface area contributed by atoms with Crippen LogP contribution in [0.5, 0.6) is 5.75 Å². The lowest BCUT2D eigenvalue weighted by Crippen LogP contribution is -1.86. The number of fused-ring (bicyclic) bond motifs is 4. The molecule has 0 spiro atoms. The predicted octanol–water partition coefficient (Wildman–Crippen LogP) is 4.94. The second-order valence-electron chi connectivity index (χ2n) is 6.03. The number of aromatic amines is 1. The molecule has 0 aliphatic heterocycles. The van der Waals surface area contributed by atoms with Crippen LogP contribution in [0.3, 0.4) is 0 Å². The molecular formula is C21H15N3O. The zero-order chi connectivity index (χ0) is 16.8. The summed E-state index contributed by atoms with van der Waals surface area (Å²) in [5, 5.41) is 3.39. The summed E-state index contributed by atoms with van der Waals surface area (Å²) in [6.07, 6.45) is 3.67. The lowest BCUT2D eigenvalue weighted by molar-refractivity contribution is 0.415. The van der Waals surface area contributed by atoms with Gasteiger partial charge in [0.15, 0.2) is 0 Å². The van der Waals surface area contributed by atoms with E-state index in [1.165, 1.54) is 0 Å². The molecule has 0 unspecified atom stereocenters. The van der Waals surface area contributed by atoms with Gasteiger partial charge in [0.05, 0.1) is 23.8 Å². The van der Waals surface area contributed by atoms with Crippen molar-refractivity contribution in [1.82, 2.24) is 15.0 Å². The summed E-state index contributed by atoms with van der Waals surface area (Å²) in [7, 11) is 1.69. The molecule has 0 amide bonds. The molecule has 5 aromatic rings. The summed E-state index contributed by atoms with van der Waals surface area (Å²) in [6, 6.07) is 18.4. The minimum atomic E-state index is 0.851. The van der Waals surface area contributed by atoms with Gasteiger partial charge in [-0.15, -0.1) is 0 Å². The van der Waals surface area contributed by atoms with Crippen LogP contribution in [0.4, 0.5) is 0 Å². The second-order valence-corrected chi connectivity index (χ2v) is 6.03. The van der Waals surface area contributed by atoms with Gasteiger partial charge in [-0.1, -0.05) is 12.1 Å². The van der Waals surface area contributed by atoms with Gasteiger partial charge in [-0.25, -0.2) is 0 Å². The highest BCUT2D eigenvalue weighted by molar-refractivity contribution is 6.11. The van der Waals surface area contributed by atoms with Gasteiger partial charge in [-0.2, -0.15) is 0 Å². The summed E-state index contributed by atoms with van der Waals surface area (Å²) >= 11 is 0. The monoisotopic (exact) mass is 325 g/mol. The van der Waals surface area contributed by atoms with E-state index in [0.29, 0.717) is 0 Å². The second kappa shape index (κ2) is 5.31. The summed E-state index contributed by atoms with van der Waals surface area (Å²) in [6.45, 7) is 0. The number of benzene rings is 2. The Morgan fingerprint density at radius 3 is 2.76 bits per heavy atom. The quantitative estimate of drug-likeness (QED) is 0.500. The molecule has 25 heavy (non-hydrogen) atoms. The van der Waals surface area contributed by atoms with Crippen molar-refractivity contribution in [1.29, 1.82) is 0 Å². The number of pyridine rings is 2. The Hall–Kier alpha value is -3.40. The third-order valence-corrected chi connectivity index (χ3v) is 4.60. The third-order valence-electron chi connectivity index (χ3n) is 4.60. The van der Waals surface area contributed by atoms with Crippen LogP contribution < -0.4 is 4.74 Å². The number of hydrogen-bond donors (Lipinski definition) is 1. The standard InChI is InChI=1S/C21H15N3O/c1-25-15-5-7-19-17(12-15)16-8-10-23-20(21(16)24-19)14-4-6-18-13(11-14)3-2-9-22-18/h2-12,24H,1H3. The van der Waals surface area contributed by atoms with Crippen LogP contribution in [-0.4, -0.2) is 22.1 Å². The van der Waals surface area contributed by atoms with Gasteiger partial charge in [-0.3, -0.25) is 9.97 Å². The van der Waals surface area contributed by atoms with Crippen LogP contribution in [0.1, 0.15) is 0 Å². The van der Waals surface area contributed by atoms with Gasteiger partial charge < -0.3 is 9.72 Å². The van der Waals surface area contributed by atoms with E-state index in [2.05, 4.69) is 39.2 Å². The van der Waals surface area contributed by atoms with E-state index in [1.807, 2.05) is 42.7 Å². The fourth-order valence-electron chi connectivity index (χ4n) is 3.37. The number of nitrogens with one attached hydrogen (secondary N) is 1. The molecular weight excluding hydrogens is 310 g/mol. The average molecular weight is 325 g/mol. The van der Waals surface area contributed by atoms with Crippen molar-refractivity contribution in [3.63, 3.8) is 0 Å². The Bertz CT molecular complexity index is 1240. The Kier molecular flexibility index (Phi) is 2.97. The molecule has 120 valence electrons. The Morgan fingerprint density at radius 2 is 1.84 bits per heavy atom. The molecule has 2 aromatic carbocycles. The largest absolute Gasteiger partial charge is 0.497 e. The fraction of sp³-hybridized carbons (Fsp3) is 0.0476. The molecule has 4 heteroatoms. The van der Waals surface area contributed by atoms with Crippen molar-refractivity contribution >= 4 is 32.7 Å². The number of aromatic nitrogens is 3. The van der Waals surface area contributed by atoms with Crippen LogP contribution in [0.2, 0.25) is 0 Å². The summed E-state index contributed by atoms with van der Waals surface area (Å²) in [5.41, 5.74) is 5.12. The summed E-state index contributed by atoms with van der Waals surface area (Å²) in [4.78, 5) is 12.5. The molecule has 4 nitrogen and oxygen atoms in total. The molecule has 0 radical (unpaired) electrons. The minimum absolute atomic E-state index is 0.851. The molecule has 0 fully saturated rings. The molecule has 0 saturated carbocycles. The molecule has 1 N–H and O–H groups in total. The van der Waals surface area contributed by atoms with Crippen molar-refractivity contribution in [3.8, 4) is 17.0 Å². The SMILES string of the molecule is COc1ccc2[nH]c3c(-c4ccc5ncccc5c4)nccc3c2c1. The van der Waals surface area contributed by atoms with Crippen LogP contribution in [0.15, 0.2) is 67.0 Å². The van der Waals surface area contributed by atoms with Crippen LogP contribution in [0, 0.1) is 0 Å². The Labute approximate surface area is 144 Å². The third kappa shape index (κ3) is 2.15. The average Bonchev–Trinajstić information content (AvgIpc) is 3.05. The van der Waals surface area contributed by atoms with Gasteiger partial charge in [0.1, 0.15) is 5.75 Å². The van der Waals surface area contributed by atoms with E-state index in [-0.39, 0.29) is 0 Å². The first-order chi connectivity index (χ1) is 12.3. The Morgan fingerprint density at radius 1 is 0.880 bits per heavy atom. The van der Waals surface area contributed by atoms with Crippen molar-refractivity contribution in [2.75, 3.05) is 7.11 Å². The molecule has 0 saturated heterocycles. The normalized spacial score (nSPS) is 11.4. The van der Waals surface area contributed by atoms with Crippen molar-refractivity contribution < 1.29 is 4.74 Å². The van der Waals surface area contributed by atoms with Gasteiger partial charge in [0.2, 0.25) is 0 Å². The number of hydrogen-bond acceptors (Lipinski definition) is 3. The zero-order valence-electron chi connectivity index (χ0n) is 13.7. The summed E-state index contributed by atoms with van der Waals surface area (Å²) < 4.78 is 5.37. The lowest BCUT2D eigenvalue weighted by atomic mass is 10.1. The fourth-order valence-corrected chi connectivity index (χ4v) is 3.37. The Balaban J connectivity index is 1.80. The van der Waals surface area contributed by atoms with Crippen molar-refractivity contribution in [2.45, 2.75) is 0 Å². The lowest BCUT2D eigenvalue weighted by Gasteiger charge is -2.04. The van der Waals surface area contributed by atoms with Crippen LogP contribution >= 0.6 is 0 Å². The molecule has 0 bridgehead atoms. The van der Waals surface area contributed by atoms with Crippen molar-refractivity contribution in [2.24, 2.45) is 0 Å².